The summed E-state index contributed by atoms with van der Waals surface area (Å²) in [6.45, 7) is 1.35. The molecule has 1 fully saturated rings. The Bertz CT molecular complexity index is 495. The third-order valence-electron chi connectivity index (χ3n) is 3.78. The van der Waals surface area contributed by atoms with Gasteiger partial charge < -0.3 is 24.8 Å². The zero-order valence-electron chi connectivity index (χ0n) is 13.2. The lowest BCUT2D eigenvalue weighted by atomic mass is 10.2. The highest BCUT2D eigenvalue weighted by molar-refractivity contribution is 5.80. The minimum absolute atomic E-state index is 0.00665. The molecule has 0 radical (unpaired) electrons. The maximum Gasteiger partial charge on any atom is 0.251 e. The number of nitrogens with zero attached hydrogens (tertiary/aromatic N) is 1. The minimum atomic E-state index is -0.371. The molecule has 22 heavy (non-hydrogen) atoms. The van der Waals surface area contributed by atoms with Crippen LogP contribution >= 0.6 is 0 Å². The van der Waals surface area contributed by atoms with E-state index in [9.17, 15) is 4.79 Å². The number of para-hydroxylation sites is 2. The van der Waals surface area contributed by atoms with Crippen molar-refractivity contribution in [3.05, 3.63) is 24.3 Å². The molecule has 1 aliphatic heterocycles. The van der Waals surface area contributed by atoms with E-state index in [0.29, 0.717) is 31.2 Å². The van der Waals surface area contributed by atoms with Crippen molar-refractivity contribution < 1.29 is 19.0 Å². The second-order valence-corrected chi connectivity index (χ2v) is 5.32. The third-order valence-corrected chi connectivity index (χ3v) is 3.78. The number of hydrogen-bond donors (Lipinski definition) is 1. The molecule has 6 nitrogen and oxygen atoms in total. The Balaban J connectivity index is 1.78. The number of likely N-dealkylation sites (N-methyl/N-ethyl adjacent to an activating group) is 1. The van der Waals surface area contributed by atoms with E-state index in [4.69, 9.17) is 19.9 Å². The molecule has 1 heterocycles. The Labute approximate surface area is 131 Å². The number of hydrogen-bond acceptors (Lipinski definition) is 5. The number of amides is 1. The van der Waals surface area contributed by atoms with Gasteiger partial charge in [-0.25, -0.2) is 0 Å². The molecule has 1 aliphatic rings. The highest BCUT2D eigenvalue weighted by Crippen LogP contribution is 2.25. The van der Waals surface area contributed by atoms with Gasteiger partial charge in [-0.2, -0.15) is 0 Å². The number of carbonyl (C=O) groups is 1. The van der Waals surface area contributed by atoms with Gasteiger partial charge in [-0.15, -0.1) is 0 Å². The van der Waals surface area contributed by atoms with Gasteiger partial charge in [0.15, 0.2) is 11.5 Å². The molecule has 2 N–H and O–H groups in total. The van der Waals surface area contributed by atoms with E-state index >= 15 is 0 Å². The highest BCUT2D eigenvalue weighted by atomic mass is 16.5. The second-order valence-electron chi connectivity index (χ2n) is 5.32. The van der Waals surface area contributed by atoms with Crippen molar-refractivity contribution in [1.29, 1.82) is 0 Å². The van der Waals surface area contributed by atoms with Crippen LogP contribution in [0.3, 0.4) is 0 Å². The van der Waals surface area contributed by atoms with E-state index in [0.717, 1.165) is 12.8 Å². The van der Waals surface area contributed by atoms with Gasteiger partial charge in [0, 0.05) is 13.6 Å². The second kappa shape index (κ2) is 8.00. The fraction of sp³-hybridized carbons (Fsp3) is 0.562. The summed E-state index contributed by atoms with van der Waals surface area (Å²) in [6.07, 6.45) is 1.22. The lowest BCUT2D eigenvalue weighted by Gasteiger charge is -2.21. The van der Waals surface area contributed by atoms with Gasteiger partial charge in [-0.3, -0.25) is 4.79 Å². The van der Waals surface area contributed by atoms with Crippen LogP contribution in [0.15, 0.2) is 24.3 Å². The molecular formula is C16H24N2O4. The van der Waals surface area contributed by atoms with Crippen molar-refractivity contribution in [2.75, 3.05) is 33.9 Å². The first-order valence-corrected chi connectivity index (χ1v) is 7.52. The van der Waals surface area contributed by atoms with Gasteiger partial charge in [-0.1, -0.05) is 12.1 Å². The average Bonchev–Trinajstić information content (AvgIpc) is 3.03. The van der Waals surface area contributed by atoms with Crippen LogP contribution in [0, 0.1) is 0 Å². The number of rotatable bonds is 7. The molecule has 1 saturated heterocycles. The molecule has 1 aromatic carbocycles. The summed E-state index contributed by atoms with van der Waals surface area (Å²) in [5.41, 5.74) is 5.56. The van der Waals surface area contributed by atoms with Gasteiger partial charge >= 0.3 is 0 Å². The molecule has 122 valence electrons. The molecule has 0 saturated carbocycles. The Kier molecular flexibility index (Phi) is 6.03. The van der Waals surface area contributed by atoms with E-state index < -0.39 is 0 Å². The number of benzene rings is 1. The maximum atomic E-state index is 12.3. The molecule has 0 bridgehead atoms. The summed E-state index contributed by atoms with van der Waals surface area (Å²) in [6, 6.07) is 7.44. The highest BCUT2D eigenvalue weighted by Gasteiger charge is 2.31. The number of ether oxygens (including phenoxy) is 3. The fourth-order valence-electron chi connectivity index (χ4n) is 2.45. The number of carbonyl (C=O) groups excluding carboxylic acids is 1. The van der Waals surface area contributed by atoms with Crippen molar-refractivity contribution in [3.8, 4) is 11.5 Å². The molecule has 2 atom stereocenters. The molecule has 0 spiro atoms. The molecular weight excluding hydrogens is 284 g/mol. The normalized spacial score (nSPS) is 20.7. The summed E-state index contributed by atoms with van der Waals surface area (Å²) >= 11 is 0. The van der Waals surface area contributed by atoms with Crippen LogP contribution in [-0.4, -0.2) is 56.9 Å². The first-order chi connectivity index (χ1) is 10.7. The largest absolute Gasteiger partial charge is 0.493 e. The SMILES string of the molecule is COc1ccccc1OCCN(C)C(=O)[C@@H]1CC[C@H](CN)O1. The average molecular weight is 308 g/mol. The van der Waals surface area contributed by atoms with Crippen LogP contribution in [0.4, 0.5) is 0 Å². The van der Waals surface area contributed by atoms with E-state index in [2.05, 4.69) is 0 Å². The standard InChI is InChI=1S/C16H24N2O4/c1-18(16(19)15-8-7-12(11-17)22-15)9-10-21-14-6-4-3-5-13(14)20-2/h3-6,12,15H,7-11,17H2,1-2H3/t12-,15+/m1/s1. The molecule has 1 aromatic rings. The van der Waals surface area contributed by atoms with Gasteiger partial charge in [0.1, 0.15) is 12.7 Å². The molecule has 0 unspecified atom stereocenters. The summed E-state index contributed by atoms with van der Waals surface area (Å²) in [5, 5.41) is 0. The topological polar surface area (TPSA) is 74.0 Å². The van der Waals surface area contributed by atoms with Crippen molar-refractivity contribution in [3.63, 3.8) is 0 Å². The lowest BCUT2D eigenvalue weighted by Crippen LogP contribution is -2.39. The Morgan fingerprint density at radius 1 is 1.36 bits per heavy atom. The van der Waals surface area contributed by atoms with Gasteiger partial charge in [0.25, 0.3) is 5.91 Å². The van der Waals surface area contributed by atoms with Gasteiger partial charge in [-0.05, 0) is 25.0 Å². The van der Waals surface area contributed by atoms with Crippen molar-refractivity contribution in [2.24, 2.45) is 5.73 Å². The minimum Gasteiger partial charge on any atom is -0.493 e. The van der Waals surface area contributed by atoms with Crippen molar-refractivity contribution in [1.82, 2.24) is 4.90 Å². The first kappa shape index (κ1) is 16.6. The van der Waals surface area contributed by atoms with E-state index in [1.807, 2.05) is 24.3 Å². The Morgan fingerprint density at radius 3 is 2.73 bits per heavy atom. The Morgan fingerprint density at radius 2 is 2.09 bits per heavy atom. The zero-order valence-corrected chi connectivity index (χ0v) is 13.2. The van der Waals surface area contributed by atoms with E-state index in [-0.39, 0.29) is 18.1 Å². The van der Waals surface area contributed by atoms with Crippen LogP contribution in [0.5, 0.6) is 11.5 Å². The monoisotopic (exact) mass is 308 g/mol. The van der Waals surface area contributed by atoms with Crippen LogP contribution in [0.2, 0.25) is 0 Å². The smallest absolute Gasteiger partial charge is 0.251 e. The maximum absolute atomic E-state index is 12.3. The molecule has 0 aliphatic carbocycles. The van der Waals surface area contributed by atoms with Gasteiger partial charge in [0.2, 0.25) is 0 Å². The van der Waals surface area contributed by atoms with E-state index in [1.165, 1.54) is 0 Å². The first-order valence-electron chi connectivity index (χ1n) is 7.52. The quantitative estimate of drug-likeness (QED) is 0.814. The zero-order chi connectivity index (χ0) is 15.9. The summed E-state index contributed by atoms with van der Waals surface area (Å²) in [4.78, 5) is 13.9. The van der Waals surface area contributed by atoms with Crippen LogP contribution in [-0.2, 0) is 9.53 Å². The molecule has 0 aromatic heterocycles. The molecule has 2 rings (SSSR count). The summed E-state index contributed by atoms with van der Waals surface area (Å²) in [7, 11) is 3.36. The van der Waals surface area contributed by atoms with E-state index in [1.54, 1.807) is 19.1 Å². The summed E-state index contributed by atoms with van der Waals surface area (Å²) < 4.78 is 16.5. The number of nitrogens with two attached hydrogens (primary N) is 1. The van der Waals surface area contributed by atoms with Crippen LogP contribution in [0.1, 0.15) is 12.8 Å². The molecule has 1 amide bonds. The fourth-order valence-corrected chi connectivity index (χ4v) is 2.45. The summed E-state index contributed by atoms with van der Waals surface area (Å²) in [5.74, 6) is 1.34. The van der Waals surface area contributed by atoms with Crippen molar-refractivity contribution in [2.45, 2.75) is 25.0 Å². The lowest BCUT2D eigenvalue weighted by molar-refractivity contribution is -0.141. The van der Waals surface area contributed by atoms with Gasteiger partial charge in [0.05, 0.1) is 19.8 Å². The number of methoxy groups -OCH3 is 1. The van der Waals surface area contributed by atoms with Crippen LogP contribution in [0.25, 0.3) is 0 Å². The Hall–Kier alpha value is -1.79. The van der Waals surface area contributed by atoms with Crippen molar-refractivity contribution >= 4 is 5.91 Å². The van der Waals surface area contributed by atoms with Crippen LogP contribution < -0.4 is 15.2 Å². The third kappa shape index (κ3) is 4.11. The predicted molar refractivity (Wildman–Crippen MR) is 83.1 cm³/mol. The predicted octanol–water partition coefficient (Wildman–Crippen LogP) is 1.04. The molecule has 6 heteroatoms.